The van der Waals surface area contributed by atoms with Crippen molar-refractivity contribution in [1.29, 1.82) is 0 Å². The monoisotopic (exact) mass is 390 g/mol. The Balaban J connectivity index is 2.27. The van der Waals surface area contributed by atoms with Crippen molar-refractivity contribution >= 4 is 27.3 Å². The van der Waals surface area contributed by atoms with Crippen LogP contribution in [-0.2, 0) is 21.0 Å². The molecule has 2 aromatic rings. The molecule has 140 valence electrons. The second-order valence-corrected chi connectivity index (χ2v) is 7.25. The molecule has 0 aliphatic carbocycles. The van der Waals surface area contributed by atoms with Gasteiger partial charge in [0, 0.05) is 0 Å². The number of amides is 1. The molecule has 0 saturated heterocycles. The third-order valence-electron chi connectivity index (χ3n) is 3.29. The van der Waals surface area contributed by atoms with Crippen LogP contribution in [-0.4, -0.2) is 27.1 Å². The van der Waals surface area contributed by atoms with Crippen LogP contribution in [0.2, 0.25) is 0 Å². The van der Waals surface area contributed by atoms with Gasteiger partial charge < -0.3 is 5.32 Å². The standard InChI is InChI=1S/C16H14F4N2O3S/c1-26(24,25)22(12-6-4-5-11(17)9-12)10-15(23)21-14-8-3-2-7-13(14)16(18,19)20/h2-9H,10H2,1H3,(H,21,23). The fraction of sp³-hybridized carbons (Fsp3) is 0.188. The van der Waals surface area contributed by atoms with Crippen molar-refractivity contribution in [3.8, 4) is 0 Å². The van der Waals surface area contributed by atoms with Crippen LogP contribution >= 0.6 is 0 Å². The lowest BCUT2D eigenvalue weighted by Crippen LogP contribution is -2.37. The SMILES string of the molecule is CS(=O)(=O)N(CC(=O)Nc1ccccc1C(F)(F)F)c1cccc(F)c1. The Morgan fingerprint density at radius 1 is 1.12 bits per heavy atom. The first-order valence-corrected chi connectivity index (χ1v) is 9.02. The summed E-state index contributed by atoms with van der Waals surface area (Å²) >= 11 is 0. The van der Waals surface area contributed by atoms with E-state index in [4.69, 9.17) is 0 Å². The summed E-state index contributed by atoms with van der Waals surface area (Å²) in [5, 5.41) is 2.05. The number of sulfonamides is 1. The molecule has 0 fully saturated rings. The van der Waals surface area contributed by atoms with E-state index in [-0.39, 0.29) is 5.69 Å². The first-order chi connectivity index (χ1) is 12.0. The van der Waals surface area contributed by atoms with Gasteiger partial charge in [-0.25, -0.2) is 12.8 Å². The smallest absolute Gasteiger partial charge is 0.324 e. The number of alkyl halides is 3. The van der Waals surface area contributed by atoms with Crippen LogP contribution in [0.5, 0.6) is 0 Å². The molecule has 0 bridgehead atoms. The zero-order chi connectivity index (χ0) is 19.5. The highest BCUT2D eigenvalue weighted by molar-refractivity contribution is 7.92. The van der Waals surface area contributed by atoms with Crippen molar-refractivity contribution in [1.82, 2.24) is 0 Å². The lowest BCUT2D eigenvalue weighted by Gasteiger charge is -2.22. The third-order valence-corrected chi connectivity index (χ3v) is 4.43. The van der Waals surface area contributed by atoms with Gasteiger partial charge >= 0.3 is 6.18 Å². The van der Waals surface area contributed by atoms with Gasteiger partial charge in [0.25, 0.3) is 0 Å². The van der Waals surface area contributed by atoms with Gasteiger partial charge in [0.05, 0.1) is 23.2 Å². The largest absolute Gasteiger partial charge is 0.418 e. The fourth-order valence-electron chi connectivity index (χ4n) is 2.19. The predicted molar refractivity (Wildman–Crippen MR) is 88.7 cm³/mol. The molecule has 0 atom stereocenters. The molecule has 1 N–H and O–H groups in total. The number of anilines is 2. The summed E-state index contributed by atoms with van der Waals surface area (Å²) in [6, 6.07) is 8.80. The van der Waals surface area contributed by atoms with Crippen molar-refractivity contribution in [2.24, 2.45) is 0 Å². The molecule has 5 nitrogen and oxygen atoms in total. The van der Waals surface area contributed by atoms with E-state index in [0.29, 0.717) is 4.31 Å². The van der Waals surface area contributed by atoms with Gasteiger partial charge in [-0.3, -0.25) is 9.10 Å². The summed E-state index contributed by atoms with van der Waals surface area (Å²) in [6.45, 7) is -0.811. The van der Waals surface area contributed by atoms with Crippen LogP contribution in [0.1, 0.15) is 5.56 Å². The number of hydrogen-bond donors (Lipinski definition) is 1. The van der Waals surface area contributed by atoms with Crippen LogP contribution in [0.4, 0.5) is 28.9 Å². The highest BCUT2D eigenvalue weighted by atomic mass is 32.2. The first kappa shape index (κ1) is 19.7. The molecule has 1 amide bonds. The maximum atomic E-state index is 13.3. The Bertz CT molecular complexity index is 914. The molecule has 2 aromatic carbocycles. The van der Waals surface area contributed by atoms with Gasteiger partial charge in [-0.05, 0) is 30.3 Å². The second kappa shape index (κ2) is 7.32. The highest BCUT2D eigenvalue weighted by Gasteiger charge is 2.33. The lowest BCUT2D eigenvalue weighted by molar-refractivity contribution is -0.137. The first-order valence-electron chi connectivity index (χ1n) is 7.18. The van der Waals surface area contributed by atoms with E-state index >= 15 is 0 Å². The van der Waals surface area contributed by atoms with Crippen molar-refractivity contribution in [2.75, 3.05) is 22.4 Å². The molecule has 0 unspecified atom stereocenters. The lowest BCUT2D eigenvalue weighted by atomic mass is 10.1. The van der Waals surface area contributed by atoms with E-state index < -0.39 is 45.7 Å². The number of carbonyl (C=O) groups is 1. The van der Waals surface area contributed by atoms with Crippen LogP contribution in [0.15, 0.2) is 48.5 Å². The number of nitrogens with zero attached hydrogens (tertiary/aromatic N) is 1. The van der Waals surface area contributed by atoms with Crippen molar-refractivity contribution in [2.45, 2.75) is 6.18 Å². The summed E-state index contributed by atoms with van der Waals surface area (Å²) in [4.78, 5) is 12.1. The number of benzene rings is 2. The predicted octanol–water partition coefficient (Wildman–Crippen LogP) is 3.25. The van der Waals surface area contributed by atoms with E-state index in [1.54, 1.807) is 0 Å². The highest BCUT2D eigenvalue weighted by Crippen LogP contribution is 2.34. The number of hydrogen-bond acceptors (Lipinski definition) is 3. The number of rotatable bonds is 5. The number of carbonyl (C=O) groups excluding carboxylic acids is 1. The van der Waals surface area contributed by atoms with Crippen molar-refractivity contribution in [3.05, 3.63) is 59.9 Å². The number of halogens is 4. The maximum absolute atomic E-state index is 13.3. The number of nitrogens with one attached hydrogen (secondary N) is 1. The van der Waals surface area contributed by atoms with E-state index in [1.165, 1.54) is 18.2 Å². The van der Waals surface area contributed by atoms with E-state index in [0.717, 1.165) is 36.6 Å². The molecule has 0 aromatic heterocycles. The quantitative estimate of drug-likeness (QED) is 0.797. The Labute approximate surface area is 147 Å². The van der Waals surface area contributed by atoms with Crippen LogP contribution in [0.25, 0.3) is 0 Å². The average Bonchev–Trinajstić information content (AvgIpc) is 2.51. The Hall–Kier alpha value is -2.62. The van der Waals surface area contributed by atoms with Gasteiger partial charge in [0.1, 0.15) is 12.4 Å². The molecule has 10 heteroatoms. The second-order valence-electron chi connectivity index (χ2n) is 5.34. The van der Waals surface area contributed by atoms with Gasteiger partial charge in [-0.15, -0.1) is 0 Å². The van der Waals surface area contributed by atoms with E-state index in [2.05, 4.69) is 0 Å². The minimum absolute atomic E-state index is 0.119. The van der Waals surface area contributed by atoms with E-state index in [9.17, 15) is 30.8 Å². The number of para-hydroxylation sites is 1. The molecular formula is C16H14F4N2O3S. The topological polar surface area (TPSA) is 66.5 Å². The Morgan fingerprint density at radius 3 is 2.35 bits per heavy atom. The molecular weight excluding hydrogens is 376 g/mol. The average molecular weight is 390 g/mol. The third kappa shape index (κ3) is 4.94. The maximum Gasteiger partial charge on any atom is 0.418 e. The van der Waals surface area contributed by atoms with Crippen LogP contribution in [0.3, 0.4) is 0 Å². The molecule has 2 rings (SSSR count). The molecule has 0 aliphatic rings. The minimum atomic E-state index is -4.69. The molecule has 0 saturated carbocycles. The van der Waals surface area contributed by atoms with Gasteiger partial charge in [0.15, 0.2) is 0 Å². The Kier molecular flexibility index (Phi) is 5.55. The summed E-state index contributed by atoms with van der Waals surface area (Å²) in [5.41, 5.74) is -1.69. The summed E-state index contributed by atoms with van der Waals surface area (Å²) in [7, 11) is -3.98. The summed E-state index contributed by atoms with van der Waals surface area (Å²) in [6.07, 6.45) is -3.89. The normalized spacial score (nSPS) is 11.9. The molecule has 0 heterocycles. The molecule has 26 heavy (non-hydrogen) atoms. The molecule has 0 spiro atoms. The fourth-order valence-corrected chi connectivity index (χ4v) is 3.04. The van der Waals surface area contributed by atoms with Gasteiger partial charge in [-0.2, -0.15) is 13.2 Å². The van der Waals surface area contributed by atoms with Crippen molar-refractivity contribution < 1.29 is 30.8 Å². The summed E-state index contributed by atoms with van der Waals surface area (Å²) < 4.78 is 76.6. The summed E-state index contributed by atoms with van der Waals surface area (Å²) in [5.74, 6) is -1.73. The van der Waals surface area contributed by atoms with Gasteiger partial charge in [-0.1, -0.05) is 18.2 Å². The van der Waals surface area contributed by atoms with Gasteiger partial charge in [0.2, 0.25) is 15.9 Å². The van der Waals surface area contributed by atoms with E-state index in [1.807, 2.05) is 5.32 Å². The molecule has 0 aliphatic heterocycles. The Morgan fingerprint density at radius 2 is 1.77 bits per heavy atom. The minimum Gasteiger partial charge on any atom is -0.324 e. The molecule has 0 radical (unpaired) electrons. The zero-order valence-corrected chi connectivity index (χ0v) is 14.2. The van der Waals surface area contributed by atoms with Crippen LogP contribution < -0.4 is 9.62 Å². The van der Waals surface area contributed by atoms with Crippen LogP contribution in [0, 0.1) is 5.82 Å². The zero-order valence-electron chi connectivity index (χ0n) is 13.4. The van der Waals surface area contributed by atoms with Crippen molar-refractivity contribution in [3.63, 3.8) is 0 Å².